The molecule has 1 heterocycles. The average molecular weight is 258 g/mol. The van der Waals surface area contributed by atoms with Crippen molar-refractivity contribution < 1.29 is 4.79 Å². The van der Waals surface area contributed by atoms with Gasteiger partial charge < -0.3 is 4.90 Å². The molecular formula is C13H26N2OS. The molecule has 0 aromatic rings. The standard InChI is InChI=1S/C13H26N2OS/c1-5-15-8-6-7-11(15)9-14(4)13(16)12(17)10(2)3/h10-12,17H,5-9H2,1-4H3. The van der Waals surface area contributed by atoms with Crippen molar-refractivity contribution in [1.29, 1.82) is 0 Å². The van der Waals surface area contributed by atoms with Crippen LogP contribution in [0.25, 0.3) is 0 Å². The van der Waals surface area contributed by atoms with Crippen LogP contribution in [0.1, 0.15) is 33.6 Å². The largest absolute Gasteiger partial charge is 0.343 e. The summed E-state index contributed by atoms with van der Waals surface area (Å²) in [5.41, 5.74) is 0. The lowest BCUT2D eigenvalue weighted by Crippen LogP contribution is -2.44. The van der Waals surface area contributed by atoms with Crippen LogP contribution in [0, 0.1) is 5.92 Å². The van der Waals surface area contributed by atoms with Crippen LogP contribution in [0.15, 0.2) is 0 Å². The van der Waals surface area contributed by atoms with E-state index in [4.69, 9.17) is 0 Å². The fourth-order valence-corrected chi connectivity index (χ4v) is 2.63. The molecule has 1 aliphatic rings. The number of thiol groups is 1. The highest BCUT2D eigenvalue weighted by Gasteiger charge is 2.28. The van der Waals surface area contributed by atoms with E-state index < -0.39 is 0 Å². The number of hydrogen-bond donors (Lipinski definition) is 1. The van der Waals surface area contributed by atoms with Gasteiger partial charge in [0, 0.05) is 19.6 Å². The molecule has 0 radical (unpaired) electrons. The van der Waals surface area contributed by atoms with E-state index in [9.17, 15) is 4.79 Å². The molecule has 3 nitrogen and oxygen atoms in total. The fourth-order valence-electron chi connectivity index (χ4n) is 2.44. The Labute approximate surface area is 111 Å². The van der Waals surface area contributed by atoms with Crippen LogP contribution in [-0.2, 0) is 4.79 Å². The fraction of sp³-hybridized carbons (Fsp3) is 0.923. The Balaban J connectivity index is 2.48. The molecule has 2 atom stereocenters. The number of rotatable bonds is 5. The number of nitrogens with zero attached hydrogens (tertiary/aromatic N) is 2. The summed E-state index contributed by atoms with van der Waals surface area (Å²) in [6, 6.07) is 0.543. The first-order chi connectivity index (χ1) is 7.97. The highest BCUT2D eigenvalue weighted by Crippen LogP contribution is 2.19. The van der Waals surface area contributed by atoms with Crippen molar-refractivity contribution >= 4 is 18.5 Å². The van der Waals surface area contributed by atoms with Gasteiger partial charge in [-0.1, -0.05) is 20.8 Å². The third kappa shape index (κ3) is 3.88. The normalized spacial score (nSPS) is 23.1. The van der Waals surface area contributed by atoms with Gasteiger partial charge in [0.05, 0.1) is 5.25 Å². The van der Waals surface area contributed by atoms with E-state index in [1.54, 1.807) is 0 Å². The molecule has 4 heteroatoms. The van der Waals surface area contributed by atoms with E-state index >= 15 is 0 Å². The van der Waals surface area contributed by atoms with Gasteiger partial charge in [0.1, 0.15) is 0 Å². The Hall–Kier alpha value is -0.220. The van der Waals surface area contributed by atoms with Gasteiger partial charge in [0.2, 0.25) is 5.91 Å². The average Bonchev–Trinajstić information content (AvgIpc) is 2.73. The Bertz CT molecular complexity index is 258. The zero-order valence-corrected chi connectivity index (χ0v) is 12.4. The number of carbonyl (C=O) groups excluding carboxylic acids is 1. The van der Waals surface area contributed by atoms with E-state index in [0.717, 1.165) is 13.1 Å². The second-order valence-corrected chi connectivity index (χ2v) is 5.89. The van der Waals surface area contributed by atoms with Gasteiger partial charge in [-0.05, 0) is 31.8 Å². The molecule has 0 aliphatic carbocycles. The second kappa shape index (κ2) is 6.64. The van der Waals surface area contributed by atoms with Gasteiger partial charge in [-0.25, -0.2) is 0 Å². The lowest BCUT2D eigenvalue weighted by Gasteiger charge is -2.29. The van der Waals surface area contributed by atoms with Gasteiger partial charge >= 0.3 is 0 Å². The monoisotopic (exact) mass is 258 g/mol. The molecule has 1 saturated heterocycles. The quantitative estimate of drug-likeness (QED) is 0.761. The molecule has 0 spiro atoms. The Morgan fingerprint density at radius 2 is 2.18 bits per heavy atom. The summed E-state index contributed by atoms with van der Waals surface area (Å²) < 4.78 is 0. The number of hydrogen-bond acceptors (Lipinski definition) is 3. The highest BCUT2D eigenvalue weighted by molar-refractivity contribution is 7.81. The van der Waals surface area contributed by atoms with Crippen LogP contribution >= 0.6 is 12.6 Å². The van der Waals surface area contributed by atoms with Crippen LogP contribution in [0.5, 0.6) is 0 Å². The molecule has 0 aromatic heterocycles. The van der Waals surface area contributed by atoms with Crippen molar-refractivity contribution in [1.82, 2.24) is 9.80 Å². The minimum Gasteiger partial charge on any atom is -0.343 e. The lowest BCUT2D eigenvalue weighted by molar-refractivity contribution is -0.130. The molecule has 0 aromatic carbocycles. The molecule has 0 saturated carbocycles. The first-order valence-corrected chi connectivity index (χ1v) is 7.16. The van der Waals surface area contributed by atoms with Gasteiger partial charge in [0.15, 0.2) is 0 Å². The lowest BCUT2D eigenvalue weighted by atomic mass is 10.1. The van der Waals surface area contributed by atoms with E-state index in [1.807, 2.05) is 25.8 Å². The Morgan fingerprint density at radius 1 is 1.53 bits per heavy atom. The summed E-state index contributed by atoms with van der Waals surface area (Å²) in [6.45, 7) is 9.37. The van der Waals surface area contributed by atoms with Crippen molar-refractivity contribution in [2.45, 2.75) is 44.9 Å². The predicted molar refractivity (Wildman–Crippen MR) is 75.5 cm³/mol. The maximum absolute atomic E-state index is 12.1. The van der Waals surface area contributed by atoms with Crippen LogP contribution in [-0.4, -0.2) is 53.7 Å². The van der Waals surface area contributed by atoms with Crippen molar-refractivity contribution in [3.8, 4) is 0 Å². The molecule has 1 aliphatic heterocycles. The van der Waals surface area contributed by atoms with Gasteiger partial charge in [-0.15, -0.1) is 0 Å². The Morgan fingerprint density at radius 3 is 2.71 bits per heavy atom. The summed E-state index contributed by atoms with van der Waals surface area (Å²) >= 11 is 4.40. The molecule has 1 fully saturated rings. The maximum atomic E-state index is 12.1. The molecule has 0 bridgehead atoms. The molecule has 1 amide bonds. The second-order valence-electron chi connectivity index (χ2n) is 5.33. The molecule has 17 heavy (non-hydrogen) atoms. The molecule has 0 N–H and O–H groups in total. The van der Waals surface area contributed by atoms with E-state index in [-0.39, 0.29) is 11.2 Å². The molecular weight excluding hydrogens is 232 g/mol. The first kappa shape index (κ1) is 14.8. The number of likely N-dealkylation sites (tertiary alicyclic amines) is 1. The summed E-state index contributed by atoms with van der Waals surface area (Å²) in [5.74, 6) is 0.449. The molecule has 100 valence electrons. The minimum atomic E-state index is -0.170. The topological polar surface area (TPSA) is 23.6 Å². The number of carbonyl (C=O) groups is 1. The van der Waals surface area contributed by atoms with Crippen molar-refractivity contribution in [2.24, 2.45) is 5.92 Å². The number of likely N-dealkylation sites (N-methyl/N-ethyl adjacent to an activating group) is 2. The van der Waals surface area contributed by atoms with Crippen LogP contribution < -0.4 is 0 Å². The van der Waals surface area contributed by atoms with Crippen LogP contribution in [0.3, 0.4) is 0 Å². The van der Waals surface area contributed by atoms with Crippen molar-refractivity contribution in [2.75, 3.05) is 26.7 Å². The summed E-state index contributed by atoms with van der Waals surface area (Å²) in [7, 11) is 1.90. The zero-order valence-electron chi connectivity index (χ0n) is 11.5. The SMILES string of the molecule is CCN1CCCC1CN(C)C(=O)C(S)C(C)C. The summed E-state index contributed by atoms with van der Waals surface area (Å²) in [4.78, 5) is 16.4. The number of amides is 1. The zero-order chi connectivity index (χ0) is 13.0. The third-order valence-electron chi connectivity index (χ3n) is 3.65. The predicted octanol–water partition coefficient (Wildman–Crippen LogP) is 1.88. The first-order valence-electron chi connectivity index (χ1n) is 6.64. The van der Waals surface area contributed by atoms with E-state index in [2.05, 4.69) is 24.5 Å². The van der Waals surface area contributed by atoms with Gasteiger partial charge in [0.25, 0.3) is 0 Å². The Kier molecular flexibility index (Phi) is 5.80. The molecule has 1 rings (SSSR count). The smallest absolute Gasteiger partial charge is 0.235 e. The van der Waals surface area contributed by atoms with Crippen molar-refractivity contribution in [3.63, 3.8) is 0 Å². The van der Waals surface area contributed by atoms with Gasteiger partial charge in [-0.2, -0.15) is 12.6 Å². The summed E-state index contributed by atoms with van der Waals surface area (Å²) in [5, 5.41) is -0.170. The third-order valence-corrected chi connectivity index (χ3v) is 4.47. The van der Waals surface area contributed by atoms with Gasteiger partial charge in [-0.3, -0.25) is 9.69 Å². The highest BCUT2D eigenvalue weighted by atomic mass is 32.1. The van der Waals surface area contributed by atoms with Crippen LogP contribution in [0.4, 0.5) is 0 Å². The molecule has 2 unspecified atom stereocenters. The van der Waals surface area contributed by atoms with E-state index in [0.29, 0.717) is 12.0 Å². The summed E-state index contributed by atoms with van der Waals surface area (Å²) in [6.07, 6.45) is 2.47. The maximum Gasteiger partial charge on any atom is 0.235 e. The van der Waals surface area contributed by atoms with Crippen molar-refractivity contribution in [3.05, 3.63) is 0 Å². The minimum absolute atomic E-state index is 0.159. The van der Waals surface area contributed by atoms with E-state index in [1.165, 1.54) is 19.4 Å². The van der Waals surface area contributed by atoms with Crippen LogP contribution in [0.2, 0.25) is 0 Å².